The zero-order valence-electron chi connectivity index (χ0n) is 36.3. The van der Waals surface area contributed by atoms with E-state index in [9.17, 15) is 24.0 Å². The molecule has 0 aromatic heterocycles. The van der Waals surface area contributed by atoms with E-state index < -0.39 is 6.04 Å². The van der Waals surface area contributed by atoms with Gasteiger partial charge >= 0.3 is 0 Å². The molecule has 0 bridgehead atoms. The molecule has 3 amide bonds. The Morgan fingerprint density at radius 1 is 0.446 bits per heavy atom. The molecule has 0 fully saturated rings. The number of rotatable bonds is 42. The number of hydrogen-bond donors (Lipinski definition) is 3. The molecule has 0 aromatic rings. The molecule has 12 nitrogen and oxygen atoms in total. The van der Waals surface area contributed by atoms with E-state index in [4.69, 9.17) is 18.9 Å². The Labute approximate surface area is 340 Å². The van der Waals surface area contributed by atoms with Gasteiger partial charge in [-0.2, -0.15) is 0 Å². The van der Waals surface area contributed by atoms with Gasteiger partial charge in [-0.3, -0.25) is 24.0 Å². The highest BCUT2D eigenvalue weighted by molar-refractivity contribution is 5.89. The van der Waals surface area contributed by atoms with Gasteiger partial charge in [-0.1, -0.05) is 98.8 Å². The van der Waals surface area contributed by atoms with Crippen molar-refractivity contribution >= 4 is 29.3 Å². The number of unbranched alkanes of at least 4 members (excludes halogenated alkanes) is 10. The standard InChI is InChI=1S/C44H83N3O9/c1-6-7-8-9-10-11-12-13-14-15-16-23-42(50)46-26-30-56-34-32-53-27-18-20-39(48)24-29-55-33-31-54-28-19-22-41(49)40(47-44(52)36-38(4)5)21-17-25-45-43(51)35-37(2)3/h37-38,40H,6-36H2,1-5H3,(H,45,51)(H,46,50)(H,47,52). The fourth-order valence-electron chi connectivity index (χ4n) is 6.06. The Balaban J connectivity index is 3.71. The fraction of sp³-hybridized carbons (Fsp3) is 0.886. The highest BCUT2D eigenvalue weighted by Crippen LogP contribution is 2.12. The highest BCUT2D eigenvalue weighted by Gasteiger charge is 2.20. The number of ether oxygens (including phenoxy) is 4. The number of carbonyl (C=O) groups is 5. The smallest absolute Gasteiger partial charge is 0.220 e. The van der Waals surface area contributed by atoms with Crippen LogP contribution in [-0.2, 0) is 42.9 Å². The molecule has 12 heteroatoms. The molecule has 0 saturated heterocycles. The Hall–Kier alpha value is -2.41. The summed E-state index contributed by atoms with van der Waals surface area (Å²) in [6.07, 6.45) is 18.7. The summed E-state index contributed by atoms with van der Waals surface area (Å²) >= 11 is 0. The number of amides is 3. The third kappa shape index (κ3) is 38.5. The van der Waals surface area contributed by atoms with Crippen LogP contribution in [0.4, 0.5) is 0 Å². The molecule has 1 atom stereocenters. The Bertz CT molecular complexity index is 993. The first-order valence-electron chi connectivity index (χ1n) is 22.2. The second kappa shape index (κ2) is 39.4. The van der Waals surface area contributed by atoms with Crippen molar-refractivity contribution in [2.45, 2.75) is 175 Å². The van der Waals surface area contributed by atoms with Gasteiger partial charge in [-0.15, -0.1) is 0 Å². The van der Waals surface area contributed by atoms with Crippen molar-refractivity contribution in [3.63, 3.8) is 0 Å². The van der Waals surface area contributed by atoms with E-state index in [1.807, 2.05) is 27.7 Å². The van der Waals surface area contributed by atoms with Crippen LogP contribution in [0.3, 0.4) is 0 Å². The monoisotopic (exact) mass is 798 g/mol. The largest absolute Gasteiger partial charge is 0.379 e. The number of carbonyl (C=O) groups excluding carboxylic acids is 5. The molecule has 0 rings (SSSR count). The third-order valence-corrected chi connectivity index (χ3v) is 9.20. The van der Waals surface area contributed by atoms with Crippen molar-refractivity contribution in [1.29, 1.82) is 0 Å². The van der Waals surface area contributed by atoms with Crippen LogP contribution >= 0.6 is 0 Å². The Morgan fingerprint density at radius 3 is 1.54 bits per heavy atom. The summed E-state index contributed by atoms with van der Waals surface area (Å²) in [5.41, 5.74) is 0. The molecule has 3 N–H and O–H groups in total. The van der Waals surface area contributed by atoms with Gasteiger partial charge < -0.3 is 34.9 Å². The van der Waals surface area contributed by atoms with Crippen molar-refractivity contribution in [2.24, 2.45) is 11.8 Å². The molecule has 1 unspecified atom stereocenters. The molecule has 56 heavy (non-hydrogen) atoms. The summed E-state index contributed by atoms with van der Waals surface area (Å²) in [6, 6.07) is -0.574. The van der Waals surface area contributed by atoms with E-state index in [-0.39, 0.29) is 47.5 Å². The van der Waals surface area contributed by atoms with Crippen LogP contribution in [0.15, 0.2) is 0 Å². The van der Waals surface area contributed by atoms with Crippen molar-refractivity contribution in [3.05, 3.63) is 0 Å². The van der Waals surface area contributed by atoms with Gasteiger partial charge in [0.25, 0.3) is 0 Å². The van der Waals surface area contributed by atoms with Gasteiger partial charge in [0.15, 0.2) is 5.78 Å². The quantitative estimate of drug-likeness (QED) is 0.0534. The molecular formula is C44H83N3O9. The molecular weight excluding hydrogens is 714 g/mol. The van der Waals surface area contributed by atoms with Crippen molar-refractivity contribution < 1.29 is 42.9 Å². The third-order valence-electron chi connectivity index (χ3n) is 9.20. The second-order valence-corrected chi connectivity index (χ2v) is 15.9. The topological polar surface area (TPSA) is 158 Å². The number of hydrogen-bond acceptors (Lipinski definition) is 9. The van der Waals surface area contributed by atoms with Gasteiger partial charge in [0.2, 0.25) is 17.7 Å². The second-order valence-electron chi connectivity index (χ2n) is 15.9. The maximum Gasteiger partial charge on any atom is 0.220 e. The number of ketones is 2. The summed E-state index contributed by atoms with van der Waals surface area (Å²) in [5, 5.41) is 8.69. The Kier molecular flexibility index (Phi) is 37.7. The Morgan fingerprint density at radius 2 is 0.946 bits per heavy atom. The predicted octanol–water partition coefficient (Wildman–Crippen LogP) is 7.43. The molecule has 328 valence electrons. The highest BCUT2D eigenvalue weighted by atomic mass is 16.5. The van der Waals surface area contributed by atoms with Crippen LogP contribution in [0, 0.1) is 11.8 Å². The molecule has 0 heterocycles. The lowest BCUT2D eigenvalue weighted by molar-refractivity contribution is -0.128. The first kappa shape index (κ1) is 53.6. The molecule has 0 aliphatic rings. The van der Waals surface area contributed by atoms with E-state index in [1.54, 1.807) is 0 Å². The molecule has 0 saturated carbocycles. The zero-order chi connectivity index (χ0) is 41.5. The lowest BCUT2D eigenvalue weighted by Crippen LogP contribution is -2.41. The molecule has 0 spiro atoms. The van der Waals surface area contributed by atoms with Gasteiger partial charge in [-0.05, 0) is 43.9 Å². The fourth-order valence-corrected chi connectivity index (χ4v) is 6.06. The molecule has 0 aliphatic carbocycles. The first-order valence-corrected chi connectivity index (χ1v) is 22.2. The summed E-state index contributed by atoms with van der Waals surface area (Å²) in [7, 11) is 0. The average Bonchev–Trinajstić information content (AvgIpc) is 3.14. The van der Waals surface area contributed by atoms with Crippen LogP contribution in [0.25, 0.3) is 0 Å². The summed E-state index contributed by atoms with van der Waals surface area (Å²) in [4.78, 5) is 61.3. The van der Waals surface area contributed by atoms with E-state index in [0.29, 0.717) is 124 Å². The normalized spacial score (nSPS) is 11.9. The summed E-state index contributed by atoms with van der Waals surface area (Å²) in [5.74, 6) is 0.523. The zero-order valence-corrected chi connectivity index (χ0v) is 36.3. The first-order chi connectivity index (χ1) is 27.0. The summed E-state index contributed by atoms with van der Waals surface area (Å²) in [6.45, 7) is 14.4. The van der Waals surface area contributed by atoms with E-state index >= 15 is 0 Å². The maximum absolute atomic E-state index is 12.9. The van der Waals surface area contributed by atoms with E-state index in [1.165, 1.54) is 57.8 Å². The van der Waals surface area contributed by atoms with Crippen molar-refractivity contribution in [2.75, 3.05) is 65.9 Å². The average molecular weight is 798 g/mol. The van der Waals surface area contributed by atoms with Crippen LogP contribution in [0.2, 0.25) is 0 Å². The van der Waals surface area contributed by atoms with E-state index in [2.05, 4.69) is 22.9 Å². The maximum atomic E-state index is 12.9. The van der Waals surface area contributed by atoms with E-state index in [0.717, 1.165) is 12.8 Å². The van der Waals surface area contributed by atoms with Gasteiger partial charge in [-0.25, -0.2) is 0 Å². The minimum absolute atomic E-state index is 0.00123. The van der Waals surface area contributed by atoms with Crippen LogP contribution in [0.1, 0.15) is 169 Å². The molecule has 0 radical (unpaired) electrons. The number of Topliss-reactive ketones (excluding diaryl/α,β-unsaturated/α-hetero) is 2. The minimum Gasteiger partial charge on any atom is -0.379 e. The predicted molar refractivity (Wildman–Crippen MR) is 224 cm³/mol. The van der Waals surface area contributed by atoms with Gasteiger partial charge in [0, 0.05) is 64.8 Å². The van der Waals surface area contributed by atoms with Crippen molar-refractivity contribution in [1.82, 2.24) is 16.0 Å². The molecule has 0 aliphatic heterocycles. The van der Waals surface area contributed by atoms with Crippen LogP contribution in [0.5, 0.6) is 0 Å². The van der Waals surface area contributed by atoms with Gasteiger partial charge in [0.1, 0.15) is 5.78 Å². The SMILES string of the molecule is CCCCCCCCCCCCCC(=O)NCCOCCOCCCC(=O)CCOCCOCCCC(=O)C(CCCNC(=O)CC(C)C)NC(=O)CC(C)C. The number of nitrogens with one attached hydrogen (secondary N) is 3. The lowest BCUT2D eigenvalue weighted by Gasteiger charge is -2.19. The summed E-state index contributed by atoms with van der Waals surface area (Å²) < 4.78 is 22.2. The molecule has 0 aromatic carbocycles. The minimum atomic E-state index is -0.574. The van der Waals surface area contributed by atoms with Crippen LogP contribution in [-0.4, -0.2) is 101 Å². The van der Waals surface area contributed by atoms with Crippen molar-refractivity contribution in [3.8, 4) is 0 Å². The lowest BCUT2D eigenvalue weighted by atomic mass is 10.0. The van der Waals surface area contributed by atoms with Crippen LogP contribution < -0.4 is 16.0 Å². The van der Waals surface area contributed by atoms with Gasteiger partial charge in [0.05, 0.1) is 45.7 Å².